The van der Waals surface area contributed by atoms with Gasteiger partial charge in [-0.1, -0.05) is 43.7 Å². The number of rotatable bonds is 10. The van der Waals surface area contributed by atoms with Crippen LogP contribution in [0.1, 0.15) is 39.5 Å². The predicted octanol–water partition coefficient (Wildman–Crippen LogP) is 3.77. The van der Waals surface area contributed by atoms with Gasteiger partial charge in [-0.3, -0.25) is 4.99 Å². The van der Waals surface area contributed by atoms with Crippen molar-refractivity contribution >= 4 is 17.4 Å². The Morgan fingerprint density at radius 2 is 2.10 bits per heavy atom. The van der Waals surface area contributed by atoms with Crippen molar-refractivity contribution in [2.24, 2.45) is 10.7 Å². The fourth-order valence-electron chi connectivity index (χ4n) is 1.81. The van der Waals surface area contributed by atoms with E-state index in [1.54, 1.807) is 6.08 Å². The molecule has 0 amide bonds. The first kappa shape index (κ1) is 18.9. The molecule has 0 aliphatic rings. The number of hydrogen-bond donors (Lipinski definition) is 2. The number of aliphatic imine (C=N–C) groups is 1. The average molecular weight is 298 g/mol. The van der Waals surface area contributed by atoms with Crippen LogP contribution in [0.5, 0.6) is 0 Å². The van der Waals surface area contributed by atoms with Crippen LogP contribution >= 0.6 is 11.6 Å². The van der Waals surface area contributed by atoms with Gasteiger partial charge in [0.25, 0.3) is 0 Å². The monoisotopic (exact) mass is 297 g/mol. The Labute approximate surface area is 128 Å². The number of nitrogens with zero attached hydrogens (tertiary/aromatic N) is 1. The fraction of sp³-hybridized carbons (Fsp3) is 0.562. The highest BCUT2D eigenvalue weighted by Crippen LogP contribution is 2.06. The summed E-state index contributed by atoms with van der Waals surface area (Å²) in [5.41, 5.74) is 7.04. The summed E-state index contributed by atoms with van der Waals surface area (Å²) >= 11 is 5.70. The molecule has 0 aliphatic carbocycles. The molecule has 0 aliphatic heterocycles. The molecule has 0 fully saturated rings. The van der Waals surface area contributed by atoms with E-state index in [1.807, 2.05) is 26.1 Å². The maximum Gasteiger partial charge on any atom is 0.0941 e. The van der Waals surface area contributed by atoms with Gasteiger partial charge in [0.05, 0.1) is 12.4 Å². The third-order valence-electron chi connectivity index (χ3n) is 3.11. The summed E-state index contributed by atoms with van der Waals surface area (Å²) < 4.78 is 0. The maximum atomic E-state index is 5.96. The number of amidine groups is 1. The highest BCUT2D eigenvalue weighted by atomic mass is 35.5. The first-order chi connectivity index (χ1) is 9.53. The zero-order valence-corrected chi connectivity index (χ0v) is 13.7. The van der Waals surface area contributed by atoms with Gasteiger partial charge < -0.3 is 11.1 Å². The third kappa shape index (κ3) is 9.82. The highest BCUT2D eigenvalue weighted by Gasteiger charge is 2.05. The molecule has 0 aromatic heterocycles. The molecule has 1 atom stereocenters. The molecule has 0 rings (SSSR count). The van der Waals surface area contributed by atoms with Crippen molar-refractivity contribution in [1.29, 1.82) is 0 Å². The second kappa shape index (κ2) is 11.7. The lowest BCUT2D eigenvalue weighted by atomic mass is 10.1. The summed E-state index contributed by atoms with van der Waals surface area (Å²) in [6.45, 7) is 8.37. The van der Waals surface area contributed by atoms with E-state index in [0.717, 1.165) is 18.4 Å². The van der Waals surface area contributed by atoms with E-state index in [4.69, 9.17) is 17.3 Å². The van der Waals surface area contributed by atoms with Gasteiger partial charge in [-0.05, 0) is 38.5 Å². The lowest BCUT2D eigenvalue weighted by Gasteiger charge is -2.14. The Morgan fingerprint density at radius 3 is 2.60 bits per heavy atom. The largest absolute Gasteiger partial charge is 0.387 e. The number of nitrogens with one attached hydrogen (secondary N) is 1. The molecule has 1 unspecified atom stereocenters. The van der Waals surface area contributed by atoms with Crippen molar-refractivity contribution in [3.8, 4) is 0 Å². The third-order valence-corrected chi connectivity index (χ3v) is 3.23. The van der Waals surface area contributed by atoms with Gasteiger partial charge in [0.2, 0.25) is 0 Å². The molecule has 114 valence electrons. The summed E-state index contributed by atoms with van der Waals surface area (Å²) in [5.74, 6) is 0.707. The van der Waals surface area contributed by atoms with E-state index in [-0.39, 0.29) is 0 Å². The van der Waals surface area contributed by atoms with E-state index in [9.17, 15) is 0 Å². The molecule has 3 nitrogen and oxygen atoms in total. The zero-order chi connectivity index (χ0) is 15.4. The van der Waals surface area contributed by atoms with Crippen LogP contribution < -0.4 is 11.1 Å². The molecular formula is C16H28ClN3. The topological polar surface area (TPSA) is 50.4 Å². The van der Waals surface area contributed by atoms with Crippen LogP contribution in [0.2, 0.25) is 0 Å². The summed E-state index contributed by atoms with van der Waals surface area (Å²) in [7, 11) is 2.00. The number of halogens is 1. The fourth-order valence-corrected chi connectivity index (χ4v) is 1.88. The van der Waals surface area contributed by atoms with Gasteiger partial charge in [0, 0.05) is 17.5 Å². The number of nitrogens with two attached hydrogens (primary N) is 1. The smallest absolute Gasteiger partial charge is 0.0941 e. The SMILES string of the molecule is C=C(Cl)/C=C\C(=C/C)CN=C(N)CCC(CCC)NC. The molecule has 3 N–H and O–H groups in total. The Kier molecular flexibility index (Phi) is 11.1. The lowest BCUT2D eigenvalue weighted by Crippen LogP contribution is -2.27. The number of allylic oxidation sites excluding steroid dienone is 3. The van der Waals surface area contributed by atoms with Crippen LogP contribution in [-0.4, -0.2) is 25.5 Å². The molecule has 0 saturated carbocycles. The van der Waals surface area contributed by atoms with Crippen LogP contribution in [0.25, 0.3) is 0 Å². The minimum absolute atomic E-state index is 0.512. The van der Waals surface area contributed by atoms with Crippen LogP contribution in [0, 0.1) is 0 Å². The predicted molar refractivity (Wildman–Crippen MR) is 91.4 cm³/mol. The maximum absolute atomic E-state index is 5.96. The molecule has 0 aromatic rings. The normalized spacial score (nSPS) is 14.8. The molecule has 4 heteroatoms. The van der Waals surface area contributed by atoms with Crippen LogP contribution in [0.4, 0.5) is 0 Å². The summed E-state index contributed by atoms with van der Waals surface area (Å²) in [4.78, 5) is 4.41. The molecule has 0 bridgehead atoms. The Bertz CT molecular complexity index is 370. The van der Waals surface area contributed by atoms with E-state index < -0.39 is 0 Å². The lowest BCUT2D eigenvalue weighted by molar-refractivity contribution is 0.491. The summed E-state index contributed by atoms with van der Waals surface area (Å²) in [6.07, 6.45) is 9.89. The van der Waals surface area contributed by atoms with Crippen LogP contribution in [0.15, 0.2) is 40.4 Å². The average Bonchev–Trinajstić information content (AvgIpc) is 2.43. The molecule has 20 heavy (non-hydrogen) atoms. The van der Waals surface area contributed by atoms with Crippen molar-refractivity contribution < 1.29 is 0 Å². The minimum Gasteiger partial charge on any atom is -0.387 e. The van der Waals surface area contributed by atoms with E-state index >= 15 is 0 Å². The van der Waals surface area contributed by atoms with Crippen LogP contribution in [-0.2, 0) is 0 Å². The molecular weight excluding hydrogens is 270 g/mol. The molecule has 0 heterocycles. The minimum atomic E-state index is 0.512. The zero-order valence-electron chi connectivity index (χ0n) is 13.0. The molecule has 0 spiro atoms. The van der Waals surface area contributed by atoms with Crippen molar-refractivity contribution in [3.05, 3.63) is 35.4 Å². The van der Waals surface area contributed by atoms with Crippen molar-refractivity contribution in [2.75, 3.05) is 13.6 Å². The van der Waals surface area contributed by atoms with Crippen molar-refractivity contribution in [3.63, 3.8) is 0 Å². The van der Waals surface area contributed by atoms with Gasteiger partial charge in [-0.25, -0.2) is 0 Å². The standard InChI is InChI=1S/C16H28ClN3/c1-5-7-15(19-4)10-11-16(18)20-12-14(6-2)9-8-13(3)17/h6,8-9,15,19H,3,5,7,10-12H2,1-2,4H3,(H2,18,20)/b9-8-,14-6+. The van der Waals surface area contributed by atoms with Gasteiger partial charge in [0.15, 0.2) is 0 Å². The summed E-state index contributed by atoms with van der Waals surface area (Å²) in [5, 5.41) is 3.82. The van der Waals surface area contributed by atoms with E-state index in [2.05, 4.69) is 23.8 Å². The van der Waals surface area contributed by atoms with Crippen molar-refractivity contribution in [1.82, 2.24) is 5.32 Å². The Hall–Kier alpha value is -1.06. The Morgan fingerprint density at radius 1 is 1.40 bits per heavy atom. The second-order valence-corrected chi connectivity index (χ2v) is 5.25. The van der Waals surface area contributed by atoms with Crippen LogP contribution in [0.3, 0.4) is 0 Å². The summed E-state index contributed by atoms with van der Waals surface area (Å²) in [6, 6.07) is 0.523. The first-order valence-electron chi connectivity index (χ1n) is 7.17. The molecule has 0 radical (unpaired) electrons. The highest BCUT2D eigenvalue weighted by molar-refractivity contribution is 6.30. The van der Waals surface area contributed by atoms with E-state index in [0.29, 0.717) is 23.5 Å². The molecule has 0 aromatic carbocycles. The Balaban J connectivity index is 4.26. The quantitative estimate of drug-likeness (QED) is 0.366. The first-order valence-corrected chi connectivity index (χ1v) is 7.55. The second-order valence-electron chi connectivity index (χ2n) is 4.76. The van der Waals surface area contributed by atoms with Gasteiger partial charge in [-0.2, -0.15) is 0 Å². The van der Waals surface area contributed by atoms with Gasteiger partial charge in [-0.15, -0.1) is 0 Å². The van der Waals surface area contributed by atoms with Gasteiger partial charge in [0.1, 0.15) is 0 Å². The van der Waals surface area contributed by atoms with E-state index in [1.165, 1.54) is 12.8 Å². The number of hydrogen-bond acceptors (Lipinski definition) is 2. The molecule has 0 saturated heterocycles. The van der Waals surface area contributed by atoms with Gasteiger partial charge >= 0.3 is 0 Å². The van der Waals surface area contributed by atoms with Crippen molar-refractivity contribution in [2.45, 2.75) is 45.6 Å².